The Morgan fingerprint density at radius 2 is 2.00 bits per heavy atom. The van der Waals surface area contributed by atoms with Gasteiger partial charge in [-0.2, -0.15) is 0 Å². The number of hydrogen-bond acceptors (Lipinski definition) is 4. The van der Waals surface area contributed by atoms with Crippen LogP contribution in [-0.2, 0) is 11.3 Å². The van der Waals surface area contributed by atoms with Crippen LogP contribution < -0.4 is 10.1 Å². The summed E-state index contributed by atoms with van der Waals surface area (Å²) < 4.78 is 6.63. The van der Waals surface area contributed by atoms with E-state index in [0.717, 1.165) is 57.1 Å². The second kappa shape index (κ2) is 8.35. The molecule has 0 bridgehead atoms. The highest BCUT2D eigenvalue weighted by molar-refractivity contribution is 7.11. The van der Waals surface area contributed by atoms with E-state index >= 15 is 0 Å². The Labute approximate surface area is 183 Å². The van der Waals surface area contributed by atoms with Gasteiger partial charge in [0.2, 0.25) is 5.91 Å². The number of nitrogens with one attached hydrogen (secondary N) is 1. The quantitative estimate of drug-likeness (QED) is 0.719. The van der Waals surface area contributed by atoms with Crippen molar-refractivity contribution in [2.45, 2.75) is 63.5 Å². The lowest BCUT2D eigenvalue weighted by Gasteiger charge is -2.47. The van der Waals surface area contributed by atoms with E-state index in [1.165, 1.54) is 28.2 Å². The minimum Gasteiger partial charge on any atom is -0.487 e. The highest BCUT2D eigenvalue weighted by Gasteiger charge is 2.43. The fourth-order valence-electron chi connectivity index (χ4n) is 5.02. The van der Waals surface area contributed by atoms with Crippen molar-refractivity contribution in [2.75, 3.05) is 19.6 Å². The Bertz CT molecular complexity index is 896. The summed E-state index contributed by atoms with van der Waals surface area (Å²) in [5, 5.41) is 3.16. The topological polar surface area (TPSA) is 41.6 Å². The van der Waals surface area contributed by atoms with Gasteiger partial charge in [-0.3, -0.25) is 9.69 Å². The van der Waals surface area contributed by atoms with Crippen molar-refractivity contribution < 1.29 is 9.53 Å². The zero-order valence-corrected chi connectivity index (χ0v) is 18.7. The number of para-hydroxylation sites is 1. The Kier molecular flexibility index (Phi) is 5.59. The largest absolute Gasteiger partial charge is 0.487 e. The van der Waals surface area contributed by atoms with Gasteiger partial charge in [0.1, 0.15) is 11.4 Å². The van der Waals surface area contributed by atoms with E-state index in [2.05, 4.69) is 53.5 Å². The number of benzene rings is 1. The highest BCUT2D eigenvalue weighted by atomic mass is 32.1. The summed E-state index contributed by atoms with van der Waals surface area (Å²) in [5.41, 5.74) is 1.08. The highest BCUT2D eigenvalue weighted by Crippen LogP contribution is 2.46. The summed E-state index contributed by atoms with van der Waals surface area (Å²) in [4.78, 5) is 18.0. The molecule has 1 atom stereocenters. The number of thiophene rings is 1. The smallest absolute Gasteiger partial charge is 0.220 e. The average molecular weight is 425 g/mol. The van der Waals surface area contributed by atoms with Gasteiger partial charge in [0.05, 0.1) is 0 Å². The van der Waals surface area contributed by atoms with Crippen molar-refractivity contribution in [3.05, 3.63) is 51.7 Å². The maximum absolute atomic E-state index is 12.6. The van der Waals surface area contributed by atoms with Crippen molar-refractivity contribution in [2.24, 2.45) is 5.92 Å². The van der Waals surface area contributed by atoms with Crippen LogP contribution >= 0.6 is 11.3 Å². The molecule has 2 aliphatic heterocycles. The SMILES string of the molecule is Cc1ccc(CN2CCC3(CC2)C[C@@H](CC(=O)NCC2CC2)c2ccccc2O3)s1. The van der Waals surface area contributed by atoms with Crippen molar-refractivity contribution in [3.8, 4) is 5.75 Å². The number of amides is 1. The number of hydrogen-bond donors (Lipinski definition) is 1. The van der Waals surface area contributed by atoms with Gasteiger partial charge in [0, 0.05) is 48.3 Å². The fourth-order valence-corrected chi connectivity index (χ4v) is 5.95. The molecule has 1 aliphatic carbocycles. The molecule has 2 aromatic rings. The Hall–Kier alpha value is -1.85. The number of carbonyl (C=O) groups is 1. The maximum atomic E-state index is 12.6. The molecule has 1 spiro atoms. The van der Waals surface area contributed by atoms with Crippen molar-refractivity contribution in [1.82, 2.24) is 10.2 Å². The first-order valence-corrected chi connectivity index (χ1v) is 12.2. The zero-order valence-electron chi connectivity index (χ0n) is 17.9. The number of piperidine rings is 1. The monoisotopic (exact) mass is 424 g/mol. The molecule has 5 heteroatoms. The van der Waals surface area contributed by atoms with E-state index in [0.29, 0.717) is 6.42 Å². The summed E-state index contributed by atoms with van der Waals surface area (Å²) >= 11 is 1.90. The molecule has 30 heavy (non-hydrogen) atoms. The fraction of sp³-hybridized carbons (Fsp3) is 0.560. The standard InChI is InChI=1S/C25H32N2O2S/c1-18-6-9-21(30-18)17-27-12-10-25(11-13-27)15-20(14-24(28)26-16-19-7-8-19)22-4-2-3-5-23(22)29-25/h2-6,9,19-20H,7-8,10-17H2,1H3,(H,26,28)/t20-/m1/s1. The third kappa shape index (κ3) is 4.57. The van der Waals surface area contributed by atoms with Gasteiger partial charge in [0.15, 0.2) is 0 Å². The summed E-state index contributed by atoms with van der Waals surface area (Å²) in [6.45, 7) is 6.18. The van der Waals surface area contributed by atoms with Crippen molar-refractivity contribution in [3.63, 3.8) is 0 Å². The predicted molar refractivity (Wildman–Crippen MR) is 121 cm³/mol. The first-order chi connectivity index (χ1) is 14.6. The minimum absolute atomic E-state index is 0.127. The van der Waals surface area contributed by atoms with Crippen molar-refractivity contribution in [1.29, 1.82) is 0 Å². The van der Waals surface area contributed by atoms with Crippen LogP contribution in [0.25, 0.3) is 0 Å². The van der Waals surface area contributed by atoms with Crippen LogP contribution in [0.3, 0.4) is 0 Å². The molecular formula is C25H32N2O2S. The second-order valence-electron chi connectivity index (χ2n) is 9.46. The molecule has 0 unspecified atom stereocenters. The van der Waals surface area contributed by atoms with Crippen molar-refractivity contribution >= 4 is 17.2 Å². The number of nitrogens with zero attached hydrogens (tertiary/aromatic N) is 1. The molecule has 1 N–H and O–H groups in total. The number of aryl methyl sites for hydroxylation is 1. The predicted octanol–water partition coefficient (Wildman–Crippen LogP) is 4.87. The molecule has 1 aromatic carbocycles. The van der Waals surface area contributed by atoms with Gasteiger partial charge in [-0.25, -0.2) is 0 Å². The number of likely N-dealkylation sites (tertiary alicyclic amines) is 1. The second-order valence-corrected chi connectivity index (χ2v) is 10.8. The Morgan fingerprint density at radius 1 is 1.20 bits per heavy atom. The summed E-state index contributed by atoms with van der Waals surface area (Å²) in [6, 6.07) is 12.8. The number of ether oxygens (including phenoxy) is 1. The Balaban J connectivity index is 1.25. The molecule has 3 aliphatic rings. The zero-order chi connectivity index (χ0) is 20.6. The van der Waals surface area contributed by atoms with Gasteiger partial charge in [0.25, 0.3) is 0 Å². The molecule has 1 aromatic heterocycles. The average Bonchev–Trinajstić information content (AvgIpc) is 3.49. The summed E-state index contributed by atoms with van der Waals surface area (Å²) in [6.07, 6.45) is 6.13. The van der Waals surface area contributed by atoms with Crippen LogP contribution in [0.1, 0.15) is 59.8 Å². The number of carbonyl (C=O) groups excluding carboxylic acids is 1. The normalized spacial score (nSPS) is 23.0. The Morgan fingerprint density at radius 3 is 2.73 bits per heavy atom. The van der Waals surface area contributed by atoms with E-state index in [4.69, 9.17) is 4.74 Å². The first kappa shape index (κ1) is 20.1. The third-order valence-corrected chi connectivity index (χ3v) is 7.95. The number of rotatable bonds is 6. The molecular weight excluding hydrogens is 392 g/mol. The van der Waals surface area contributed by atoms with Gasteiger partial charge in [-0.1, -0.05) is 18.2 Å². The van der Waals surface area contributed by atoms with Crippen LogP contribution in [0.4, 0.5) is 0 Å². The van der Waals surface area contributed by atoms with Crippen LogP contribution in [0.2, 0.25) is 0 Å². The molecule has 1 saturated carbocycles. The summed E-state index contributed by atoms with van der Waals surface area (Å²) in [7, 11) is 0. The first-order valence-electron chi connectivity index (χ1n) is 11.4. The van der Waals surface area contributed by atoms with E-state index in [1.807, 2.05) is 11.3 Å². The lowest BCUT2D eigenvalue weighted by atomic mass is 9.76. The van der Waals surface area contributed by atoms with E-state index in [9.17, 15) is 4.79 Å². The number of fused-ring (bicyclic) bond motifs is 1. The van der Waals surface area contributed by atoms with Crippen LogP contribution in [0, 0.1) is 12.8 Å². The molecule has 2 fully saturated rings. The molecule has 4 nitrogen and oxygen atoms in total. The molecule has 0 radical (unpaired) electrons. The van der Waals surface area contributed by atoms with Gasteiger partial charge >= 0.3 is 0 Å². The molecule has 1 amide bonds. The van der Waals surface area contributed by atoms with Gasteiger partial charge < -0.3 is 10.1 Å². The van der Waals surface area contributed by atoms with Gasteiger partial charge in [-0.05, 0) is 68.7 Å². The van der Waals surface area contributed by atoms with Gasteiger partial charge in [-0.15, -0.1) is 11.3 Å². The third-order valence-electron chi connectivity index (χ3n) is 6.96. The van der Waals surface area contributed by atoms with E-state index < -0.39 is 0 Å². The van der Waals surface area contributed by atoms with Crippen LogP contribution in [0.15, 0.2) is 36.4 Å². The summed E-state index contributed by atoms with van der Waals surface area (Å²) in [5.74, 6) is 2.16. The molecule has 1 saturated heterocycles. The molecule has 5 rings (SSSR count). The molecule has 160 valence electrons. The lowest BCUT2D eigenvalue weighted by molar-refractivity contribution is -0.122. The van der Waals surface area contributed by atoms with E-state index in [-0.39, 0.29) is 17.4 Å². The maximum Gasteiger partial charge on any atom is 0.220 e. The lowest BCUT2D eigenvalue weighted by Crippen LogP contribution is -2.50. The molecule has 3 heterocycles. The van der Waals surface area contributed by atoms with Crippen LogP contribution in [0.5, 0.6) is 5.75 Å². The van der Waals surface area contributed by atoms with E-state index in [1.54, 1.807) is 0 Å². The van der Waals surface area contributed by atoms with Crippen LogP contribution in [-0.4, -0.2) is 36.0 Å². The minimum atomic E-state index is -0.127.